The maximum Gasteiger partial charge on any atom is 0.240 e. The molecule has 0 spiro atoms. The average molecular weight is 303 g/mol. The number of aryl methyl sites for hydroxylation is 1. The molecule has 0 bridgehead atoms. The molecule has 1 aromatic rings. The Morgan fingerprint density at radius 3 is 2.65 bits per heavy atom. The number of rotatable bonds is 4. The molecule has 1 aliphatic heterocycles. The van der Waals surface area contributed by atoms with Gasteiger partial charge >= 0.3 is 0 Å². The highest BCUT2D eigenvalue weighted by Crippen LogP contribution is 2.21. The van der Waals surface area contributed by atoms with Gasteiger partial charge in [0.25, 0.3) is 0 Å². The molecule has 1 aliphatic rings. The van der Waals surface area contributed by atoms with Crippen molar-refractivity contribution in [3.05, 3.63) is 29.6 Å². The summed E-state index contributed by atoms with van der Waals surface area (Å²) in [6, 6.07) is 3.59. The zero-order valence-electron chi connectivity index (χ0n) is 11.2. The van der Waals surface area contributed by atoms with Crippen molar-refractivity contribution in [2.45, 2.75) is 30.3 Å². The predicted molar refractivity (Wildman–Crippen MR) is 71.3 cm³/mol. The summed E-state index contributed by atoms with van der Waals surface area (Å²) in [4.78, 5) is -0.00735. The summed E-state index contributed by atoms with van der Waals surface area (Å²) in [5, 5.41) is 10.2. The number of hydrogen-bond donors (Lipinski definition) is 2. The van der Waals surface area contributed by atoms with Crippen LogP contribution < -0.4 is 4.72 Å². The molecular formula is C13H18FNO4S. The van der Waals surface area contributed by atoms with E-state index in [1.165, 1.54) is 19.1 Å². The summed E-state index contributed by atoms with van der Waals surface area (Å²) in [6.45, 7) is 2.25. The van der Waals surface area contributed by atoms with Crippen LogP contribution in [0.1, 0.15) is 18.4 Å². The number of benzene rings is 1. The third-order valence-corrected chi connectivity index (χ3v) is 4.85. The van der Waals surface area contributed by atoms with Gasteiger partial charge in [-0.25, -0.2) is 17.5 Å². The zero-order chi connectivity index (χ0) is 14.8. The highest BCUT2D eigenvalue weighted by molar-refractivity contribution is 7.89. The van der Waals surface area contributed by atoms with E-state index in [1.807, 2.05) is 0 Å². The number of hydrogen-bond acceptors (Lipinski definition) is 4. The van der Waals surface area contributed by atoms with E-state index >= 15 is 0 Å². The van der Waals surface area contributed by atoms with Gasteiger partial charge in [-0.2, -0.15) is 0 Å². The summed E-state index contributed by atoms with van der Waals surface area (Å²) in [5.74, 6) is -0.452. The second-order valence-electron chi connectivity index (χ2n) is 5.07. The second kappa shape index (κ2) is 5.77. The van der Waals surface area contributed by atoms with Gasteiger partial charge in [-0.1, -0.05) is 0 Å². The Labute approximate surface area is 117 Å². The fourth-order valence-electron chi connectivity index (χ4n) is 2.03. The third kappa shape index (κ3) is 3.54. The fourth-order valence-corrected chi connectivity index (χ4v) is 3.23. The van der Waals surface area contributed by atoms with E-state index in [-0.39, 0.29) is 17.0 Å². The number of halogens is 1. The normalized spacial score (nSPS) is 18.9. The van der Waals surface area contributed by atoms with Gasteiger partial charge in [0, 0.05) is 32.6 Å². The second-order valence-corrected chi connectivity index (χ2v) is 6.84. The molecule has 1 saturated heterocycles. The lowest BCUT2D eigenvalue weighted by Gasteiger charge is -2.31. The number of nitrogens with one attached hydrogen (secondary N) is 1. The topological polar surface area (TPSA) is 75.6 Å². The molecule has 0 radical (unpaired) electrons. The smallest absolute Gasteiger partial charge is 0.240 e. The standard InChI is InChI=1S/C13H18FNO4S/c1-10-8-11(2-3-12(10)14)20(17,18)15-9-13(16)4-6-19-7-5-13/h2-3,8,15-16H,4-7,9H2,1H3. The molecule has 112 valence electrons. The van der Waals surface area contributed by atoms with Crippen LogP contribution in [0, 0.1) is 12.7 Å². The molecule has 0 unspecified atom stereocenters. The fraction of sp³-hybridized carbons (Fsp3) is 0.538. The quantitative estimate of drug-likeness (QED) is 0.868. The van der Waals surface area contributed by atoms with Crippen molar-refractivity contribution < 1.29 is 22.7 Å². The molecule has 0 aromatic heterocycles. The van der Waals surface area contributed by atoms with Gasteiger partial charge < -0.3 is 9.84 Å². The van der Waals surface area contributed by atoms with E-state index in [0.717, 1.165) is 6.07 Å². The Morgan fingerprint density at radius 2 is 2.05 bits per heavy atom. The van der Waals surface area contributed by atoms with Crippen LogP contribution in [-0.2, 0) is 14.8 Å². The average Bonchev–Trinajstić information content (AvgIpc) is 2.41. The van der Waals surface area contributed by atoms with Gasteiger partial charge in [0.05, 0.1) is 10.5 Å². The summed E-state index contributed by atoms with van der Waals surface area (Å²) in [7, 11) is -3.75. The van der Waals surface area contributed by atoms with Crippen LogP contribution in [0.5, 0.6) is 0 Å². The van der Waals surface area contributed by atoms with Gasteiger partial charge in [-0.15, -0.1) is 0 Å². The minimum atomic E-state index is -3.75. The maximum absolute atomic E-state index is 13.2. The largest absolute Gasteiger partial charge is 0.388 e. The molecule has 0 amide bonds. The van der Waals surface area contributed by atoms with Crippen molar-refractivity contribution in [2.75, 3.05) is 19.8 Å². The summed E-state index contributed by atoms with van der Waals surface area (Å²) in [6.07, 6.45) is 0.774. The van der Waals surface area contributed by atoms with Gasteiger partial charge in [0.15, 0.2) is 0 Å². The van der Waals surface area contributed by atoms with Crippen molar-refractivity contribution in [3.63, 3.8) is 0 Å². The molecule has 2 N–H and O–H groups in total. The minimum Gasteiger partial charge on any atom is -0.388 e. The van der Waals surface area contributed by atoms with Crippen LogP contribution in [0.25, 0.3) is 0 Å². The van der Waals surface area contributed by atoms with E-state index in [1.54, 1.807) is 0 Å². The van der Waals surface area contributed by atoms with E-state index < -0.39 is 21.4 Å². The van der Waals surface area contributed by atoms with Crippen LogP contribution in [0.2, 0.25) is 0 Å². The van der Waals surface area contributed by atoms with Gasteiger partial charge in [0.2, 0.25) is 10.0 Å². The highest BCUT2D eigenvalue weighted by Gasteiger charge is 2.31. The van der Waals surface area contributed by atoms with Gasteiger partial charge in [-0.05, 0) is 30.7 Å². The minimum absolute atomic E-state index is 0.00735. The van der Waals surface area contributed by atoms with Gasteiger partial charge in [-0.3, -0.25) is 0 Å². The lowest BCUT2D eigenvalue weighted by molar-refractivity contribution is -0.0588. The predicted octanol–water partition coefficient (Wildman–Crippen LogP) is 0.954. The summed E-state index contributed by atoms with van der Waals surface area (Å²) >= 11 is 0. The Kier molecular flexibility index (Phi) is 4.43. The van der Waals surface area contributed by atoms with Crippen LogP contribution in [0.15, 0.2) is 23.1 Å². The Bertz CT molecular complexity index is 582. The molecule has 7 heteroatoms. The SMILES string of the molecule is Cc1cc(S(=O)(=O)NCC2(O)CCOCC2)ccc1F. The molecule has 20 heavy (non-hydrogen) atoms. The summed E-state index contributed by atoms with van der Waals surface area (Å²) in [5.41, 5.74) is -0.821. The number of aliphatic hydroxyl groups is 1. The first-order valence-electron chi connectivity index (χ1n) is 6.38. The van der Waals surface area contributed by atoms with Crippen molar-refractivity contribution in [2.24, 2.45) is 0 Å². The molecule has 0 aliphatic carbocycles. The van der Waals surface area contributed by atoms with Crippen molar-refractivity contribution in [1.82, 2.24) is 4.72 Å². The van der Waals surface area contributed by atoms with Crippen LogP contribution in [-0.4, -0.2) is 38.9 Å². The number of sulfonamides is 1. The van der Waals surface area contributed by atoms with E-state index in [4.69, 9.17) is 4.74 Å². The third-order valence-electron chi connectivity index (χ3n) is 3.45. The summed E-state index contributed by atoms with van der Waals surface area (Å²) < 4.78 is 44.9. The molecule has 0 saturated carbocycles. The van der Waals surface area contributed by atoms with Crippen LogP contribution in [0.4, 0.5) is 4.39 Å². The van der Waals surface area contributed by atoms with Crippen molar-refractivity contribution >= 4 is 10.0 Å². The van der Waals surface area contributed by atoms with E-state index in [9.17, 15) is 17.9 Å². The molecule has 5 nitrogen and oxygen atoms in total. The van der Waals surface area contributed by atoms with Crippen molar-refractivity contribution in [3.8, 4) is 0 Å². The Hall–Kier alpha value is -1.02. The lowest BCUT2D eigenvalue weighted by Crippen LogP contribution is -2.46. The lowest BCUT2D eigenvalue weighted by atomic mass is 9.95. The first-order valence-corrected chi connectivity index (χ1v) is 7.87. The number of ether oxygens (including phenoxy) is 1. The van der Waals surface area contributed by atoms with E-state index in [0.29, 0.717) is 26.1 Å². The monoisotopic (exact) mass is 303 g/mol. The zero-order valence-corrected chi connectivity index (χ0v) is 12.0. The van der Waals surface area contributed by atoms with Crippen LogP contribution in [0.3, 0.4) is 0 Å². The molecule has 1 fully saturated rings. The highest BCUT2D eigenvalue weighted by atomic mass is 32.2. The Morgan fingerprint density at radius 1 is 1.40 bits per heavy atom. The van der Waals surface area contributed by atoms with E-state index in [2.05, 4.69) is 4.72 Å². The van der Waals surface area contributed by atoms with Gasteiger partial charge in [0.1, 0.15) is 5.82 Å². The van der Waals surface area contributed by atoms with Crippen molar-refractivity contribution in [1.29, 1.82) is 0 Å². The first-order chi connectivity index (χ1) is 9.32. The molecule has 1 aromatic carbocycles. The molecule has 1 heterocycles. The molecular weight excluding hydrogens is 285 g/mol. The molecule has 0 atom stereocenters. The Balaban J connectivity index is 2.09. The maximum atomic E-state index is 13.2. The first kappa shape index (κ1) is 15.4. The van der Waals surface area contributed by atoms with Crippen LogP contribution >= 0.6 is 0 Å². The molecule has 2 rings (SSSR count).